The van der Waals surface area contributed by atoms with E-state index in [9.17, 15) is 9.59 Å². The molecule has 0 aliphatic carbocycles. The van der Waals surface area contributed by atoms with Gasteiger partial charge in [-0.2, -0.15) is 0 Å². The van der Waals surface area contributed by atoms with Crippen LogP contribution in [0.5, 0.6) is 11.5 Å². The van der Waals surface area contributed by atoms with Crippen molar-refractivity contribution in [2.75, 3.05) is 25.2 Å². The van der Waals surface area contributed by atoms with E-state index < -0.39 is 0 Å². The molecule has 0 bridgehead atoms. The van der Waals surface area contributed by atoms with Crippen LogP contribution in [0.15, 0.2) is 48.5 Å². The lowest BCUT2D eigenvalue weighted by molar-refractivity contribution is -0.119. The van der Waals surface area contributed by atoms with Crippen LogP contribution in [0.2, 0.25) is 0 Å². The van der Waals surface area contributed by atoms with E-state index in [0.29, 0.717) is 36.6 Å². The van der Waals surface area contributed by atoms with Gasteiger partial charge in [0.2, 0.25) is 5.91 Å². The first kappa shape index (κ1) is 16.1. The second-order valence-corrected chi connectivity index (χ2v) is 5.51. The van der Waals surface area contributed by atoms with Crippen molar-refractivity contribution in [2.45, 2.75) is 12.8 Å². The third kappa shape index (κ3) is 3.40. The summed E-state index contributed by atoms with van der Waals surface area (Å²) in [5.41, 5.74) is 1.19. The number of anilines is 1. The van der Waals surface area contributed by atoms with Crippen molar-refractivity contribution in [2.24, 2.45) is 0 Å². The first-order valence-corrected chi connectivity index (χ1v) is 7.88. The molecule has 0 N–H and O–H groups in total. The minimum absolute atomic E-state index is 0.0530. The van der Waals surface area contributed by atoms with Crippen LogP contribution in [-0.2, 0) is 4.79 Å². The molecule has 0 unspecified atom stereocenters. The number of ether oxygens (including phenoxy) is 2. The number of para-hydroxylation sites is 1. The number of methoxy groups -OCH3 is 1. The van der Waals surface area contributed by atoms with Crippen LogP contribution in [0.4, 0.5) is 5.69 Å². The number of hydrogen-bond donors (Lipinski definition) is 0. The number of amides is 1. The number of ketones is 1. The maximum atomic E-state index is 12.6. The van der Waals surface area contributed by atoms with Gasteiger partial charge in [0.25, 0.3) is 0 Å². The summed E-state index contributed by atoms with van der Waals surface area (Å²) in [6, 6.07) is 14.6. The van der Waals surface area contributed by atoms with Crippen LogP contribution in [0.3, 0.4) is 0 Å². The Morgan fingerprint density at radius 3 is 2.67 bits per heavy atom. The van der Waals surface area contributed by atoms with E-state index in [1.54, 1.807) is 30.2 Å². The highest BCUT2D eigenvalue weighted by Crippen LogP contribution is 2.31. The fourth-order valence-corrected chi connectivity index (χ4v) is 2.73. The van der Waals surface area contributed by atoms with Gasteiger partial charge in [0.05, 0.1) is 25.8 Å². The van der Waals surface area contributed by atoms with Gasteiger partial charge in [-0.3, -0.25) is 9.59 Å². The summed E-state index contributed by atoms with van der Waals surface area (Å²) in [5.74, 6) is 1.35. The molecule has 5 heteroatoms. The Bertz CT molecular complexity index is 742. The summed E-state index contributed by atoms with van der Waals surface area (Å²) < 4.78 is 10.8. The monoisotopic (exact) mass is 325 g/mol. The van der Waals surface area contributed by atoms with Crippen molar-refractivity contribution < 1.29 is 19.1 Å². The minimum Gasteiger partial charge on any atom is -0.497 e. The molecule has 5 nitrogen and oxygen atoms in total. The van der Waals surface area contributed by atoms with E-state index in [1.807, 2.05) is 30.3 Å². The van der Waals surface area contributed by atoms with Gasteiger partial charge in [0, 0.05) is 24.6 Å². The molecular formula is C19H19NO4. The third-order valence-corrected chi connectivity index (χ3v) is 3.99. The highest BCUT2D eigenvalue weighted by atomic mass is 16.5. The van der Waals surface area contributed by atoms with Crippen LogP contribution in [-0.4, -0.2) is 32.0 Å². The molecule has 0 radical (unpaired) electrons. The van der Waals surface area contributed by atoms with Crippen molar-refractivity contribution in [3.05, 3.63) is 54.1 Å². The molecule has 0 saturated heterocycles. The Balaban J connectivity index is 1.69. The number of benzene rings is 2. The first-order valence-electron chi connectivity index (χ1n) is 7.88. The number of rotatable bonds is 5. The molecule has 1 aliphatic heterocycles. The molecule has 1 heterocycles. The number of Topliss-reactive ketones (excluding diaryl/α,β-unsaturated/α-hetero) is 1. The SMILES string of the molecule is COc1ccc2c(c1)N(C(=O)CCOc1ccccc1)CCC2=O. The molecule has 1 aliphatic rings. The lowest BCUT2D eigenvalue weighted by atomic mass is 9.99. The second-order valence-electron chi connectivity index (χ2n) is 5.51. The van der Waals surface area contributed by atoms with Crippen molar-refractivity contribution in [1.29, 1.82) is 0 Å². The van der Waals surface area contributed by atoms with E-state index in [2.05, 4.69) is 0 Å². The smallest absolute Gasteiger partial charge is 0.230 e. The van der Waals surface area contributed by atoms with Gasteiger partial charge < -0.3 is 14.4 Å². The van der Waals surface area contributed by atoms with Crippen LogP contribution < -0.4 is 14.4 Å². The summed E-state index contributed by atoms with van der Waals surface area (Å²) in [6.07, 6.45) is 0.588. The quantitative estimate of drug-likeness (QED) is 0.848. The predicted molar refractivity (Wildman–Crippen MR) is 90.8 cm³/mol. The van der Waals surface area contributed by atoms with Crippen molar-refractivity contribution in [3.8, 4) is 11.5 Å². The minimum atomic E-state index is -0.0621. The fraction of sp³-hybridized carbons (Fsp3) is 0.263. The van der Waals surface area contributed by atoms with Gasteiger partial charge in [-0.1, -0.05) is 18.2 Å². The van der Waals surface area contributed by atoms with Gasteiger partial charge in [0.15, 0.2) is 5.78 Å². The molecule has 0 spiro atoms. The van der Waals surface area contributed by atoms with Gasteiger partial charge in [-0.15, -0.1) is 0 Å². The van der Waals surface area contributed by atoms with E-state index >= 15 is 0 Å². The zero-order valence-electron chi connectivity index (χ0n) is 13.5. The fourth-order valence-electron chi connectivity index (χ4n) is 2.73. The lowest BCUT2D eigenvalue weighted by Gasteiger charge is -2.29. The van der Waals surface area contributed by atoms with E-state index in [4.69, 9.17) is 9.47 Å². The molecular weight excluding hydrogens is 306 g/mol. The van der Waals surface area contributed by atoms with Crippen molar-refractivity contribution >= 4 is 17.4 Å². The third-order valence-electron chi connectivity index (χ3n) is 3.99. The highest BCUT2D eigenvalue weighted by Gasteiger charge is 2.27. The topological polar surface area (TPSA) is 55.8 Å². The summed E-state index contributed by atoms with van der Waals surface area (Å²) in [5, 5.41) is 0. The Morgan fingerprint density at radius 2 is 1.92 bits per heavy atom. The van der Waals surface area contributed by atoms with Crippen LogP contribution in [0, 0.1) is 0 Å². The molecule has 124 valence electrons. The first-order chi connectivity index (χ1) is 11.7. The Kier molecular flexibility index (Phi) is 4.79. The molecule has 3 rings (SSSR count). The largest absolute Gasteiger partial charge is 0.497 e. The van der Waals surface area contributed by atoms with E-state index in [-0.39, 0.29) is 18.1 Å². The molecule has 0 saturated carbocycles. The Hall–Kier alpha value is -2.82. The Morgan fingerprint density at radius 1 is 1.12 bits per heavy atom. The number of nitrogens with zero attached hydrogens (tertiary/aromatic N) is 1. The molecule has 0 atom stereocenters. The highest BCUT2D eigenvalue weighted by molar-refractivity contribution is 6.09. The zero-order valence-corrected chi connectivity index (χ0v) is 13.5. The molecule has 1 amide bonds. The summed E-state index contributed by atoms with van der Waals surface area (Å²) >= 11 is 0. The van der Waals surface area contributed by atoms with Crippen LogP contribution in [0.25, 0.3) is 0 Å². The van der Waals surface area contributed by atoms with Crippen molar-refractivity contribution in [1.82, 2.24) is 0 Å². The molecule has 0 fully saturated rings. The molecule has 2 aromatic carbocycles. The maximum absolute atomic E-state index is 12.6. The number of carbonyl (C=O) groups is 2. The number of hydrogen-bond acceptors (Lipinski definition) is 4. The summed E-state index contributed by atoms with van der Waals surface area (Å²) in [6.45, 7) is 0.690. The van der Waals surface area contributed by atoms with Gasteiger partial charge >= 0.3 is 0 Å². The second kappa shape index (κ2) is 7.17. The number of fused-ring (bicyclic) bond motifs is 1. The predicted octanol–water partition coefficient (Wildman–Crippen LogP) is 3.08. The average Bonchev–Trinajstić information content (AvgIpc) is 2.62. The Labute approximate surface area is 140 Å². The van der Waals surface area contributed by atoms with Gasteiger partial charge in [-0.05, 0) is 24.3 Å². The van der Waals surface area contributed by atoms with E-state index in [1.165, 1.54) is 0 Å². The normalized spacial score (nSPS) is 13.4. The lowest BCUT2D eigenvalue weighted by Crippen LogP contribution is -2.38. The zero-order chi connectivity index (χ0) is 16.9. The van der Waals surface area contributed by atoms with Crippen LogP contribution >= 0.6 is 0 Å². The van der Waals surface area contributed by atoms with Crippen LogP contribution in [0.1, 0.15) is 23.2 Å². The summed E-state index contributed by atoms with van der Waals surface area (Å²) in [7, 11) is 1.56. The summed E-state index contributed by atoms with van der Waals surface area (Å²) in [4.78, 5) is 26.2. The van der Waals surface area contributed by atoms with Gasteiger partial charge in [-0.25, -0.2) is 0 Å². The maximum Gasteiger partial charge on any atom is 0.230 e. The van der Waals surface area contributed by atoms with Crippen molar-refractivity contribution in [3.63, 3.8) is 0 Å². The van der Waals surface area contributed by atoms with E-state index in [0.717, 1.165) is 5.75 Å². The number of carbonyl (C=O) groups excluding carboxylic acids is 2. The molecule has 2 aromatic rings. The standard InChI is InChI=1S/C19H19NO4/c1-23-15-7-8-16-17(13-15)20(11-9-18(16)21)19(22)10-12-24-14-5-3-2-4-6-14/h2-8,13H,9-12H2,1H3. The molecule has 24 heavy (non-hydrogen) atoms. The van der Waals surface area contributed by atoms with Gasteiger partial charge in [0.1, 0.15) is 11.5 Å². The molecule has 0 aromatic heterocycles. The average molecular weight is 325 g/mol.